The fraction of sp³-hybridized carbons (Fsp3) is 0.917. The SMILES string of the molecule is CC(C)C(CCO)NCC1(CC#N)CC1. The van der Waals surface area contributed by atoms with Crippen LogP contribution in [0.3, 0.4) is 0 Å². The highest BCUT2D eigenvalue weighted by molar-refractivity contribution is 5.01. The van der Waals surface area contributed by atoms with Crippen molar-refractivity contribution in [2.75, 3.05) is 13.2 Å². The van der Waals surface area contributed by atoms with Gasteiger partial charge in [-0.1, -0.05) is 13.8 Å². The monoisotopic (exact) mass is 210 g/mol. The van der Waals surface area contributed by atoms with Gasteiger partial charge in [0.05, 0.1) is 6.07 Å². The summed E-state index contributed by atoms with van der Waals surface area (Å²) in [5, 5.41) is 21.1. The second-order valence-corrected chi connectivity index (χ2v) is 5.08. The molecule has 3 nitrogen and oxygen atoms in total. The van der Waals surface area contributed by atoms with Gasteiger partial charge in [0.15, 0.2) is 0 Å². The minimum absolute atomic E-state index is 0.237. The van der Waals surface area contributed by atoms with E-state index in [0.717, 1.165) is 13.0 Å². The Balaban J connectivity index is 2.30. The van der Waals surface area contributed by atoms with Crippen LogP contribution < -0.4 is 5.32 Å². The number of aliphatic hydroxyl groups excluding tert-OH is 1. The van der Waals surface area contributed by atoms with E-state index in [1.165, 1.54) is 12.8 Å². The zero-order valence-corrected chi connectivity index (χ0v) is 9.79. The molecule has 1 aliphatic rings. The summed E-state index contributed by atoms with van der Waals surface area (Å²) in [6.07, 6.45) is 3.83. The quantitative estimate of drug-likeness (QED) is 0.672. The van der Waals surface area contributed by atoms with E-state index in [0.29, 0.717) is 18.4 Å². The maximum atomic E-state index is 8.94. The molecule has 1 atom stereocenters. The average Bonchev–Trinajstić information content (AvgIpc) is 2.93. The topological polar surface area (TPSA) is 56.0 Å². The average molecular weight is 210 g/mol. The van der Waals surface area contributed by atoms with Crippen LogP contribution >= 0.6 is 0 Å². The van der Waals surface area contributed by atoms with Crippen molar-refractivity contribution in [3.63, 3.8) is 0 Å². The van der Waals surface area contributed by atoms with Crippen LogP contribution in [0.15, 0.2) is 0 Å². The lowest BCUT2D eigenvalue weighted by atomic mass is 9.98. The zero-order chi connectivity index (χ0) is 11.3. The molecule has 0 aliphatic heterocycles. The summed E-state index contributed by atoms with van der Waals surface area (Å²) in [6.45, 7) is 5.50. The van der Waals surface area contributed by atoms with Crippen molar-refractivity contribution in [1.82, 2.24) is 5.32 Å². The Bertz CT molecular complexity index is 228. The van der Waals surface area contributed by atoms with E-state index in [4.69, 9.17) is 10.4 Å². The van der Waals surface area contributed by atoms with Gasteiger partial charge in [-0.25, -0.2) is 0 Å². The molecule has 0 bridgehead atoms. The van der Waals surface area contributed by atoms with Crippen molar-refractivity contribution >= 4 is 0 Å². The smallest absolute Gasteiger partial charge is 0.0628 e. The van der Waals surface area contributed by atoms with Crippen LogP contribution in [0.5, 0.6) is 0 Å². The van der Waals surface area contributed by atoms with Crippen molar-refractivity contribution < 1.29 is 5.11 Å². The Kier molecular flexibility index (Phi) is 4.56. The van der Waals surface area contributed by atoms with Crippen molar-refractivity contribution in [2.24, 2.45) is 11.3 Å². The predicted octanol–water partition coefficient (Wildman–Crippen LogP) is 1.68. The summed E-state index contributed by atoms with van der Waals surface area (Å²) in [5.41, 5.74) is 0.261. The maximum absolute atomic E-state index is 8.94. The first-order valence-corrected chi connectivity index (χ1v) is 5.85. The molecule has 0 aromatic heterocycles. The molecule has 1 fully saturated rings. The Morgan fingerprint density at radius 3 is 2.53 bits per heavy atom. The fourth-order valence-corrected chi connectivity index (χ4v) is 1.92. The van der Waals surface area contributed by atoms with Gasteiger partial charge in [0.2, 0.25) is 0 Å². The third-order valence-electron chi connectivity index (χ3n) is 3.40. The van der Waals surface area contributed by atoms with Gasteiger partial charge in [-0.3, -0.25) is 0 Å². The number of rotatable bonds is 7. The third kappa shape index (κ3) is 3.81. The van der Waals surface area contributed by atoms with Gasteiger partial charge in [-0.2, -0.15) is 5.26 Å². The van der Waals surface area contributed by atoms with Gasteiger partial charge >= 0.3 is 0 Å². The molecule has 0 radical (unpaired) electrons. The number of hydrogen-bond acceptors (Lipinski definition) is 3. The molecule has 1 aliphatic carbocycles. The molecule has 1 saturated carbocycles. The third-order valence-corrected chi connectivity index (χ3v) is 3.40. The van der Waals surface area contributed by atoms with Crippen LogP contribution in [0, 0.1) is 22.7 Å². The highest BCUT2D eigenvalue weighted by Gasteiger charge is 2.42. The minimum Gasteiger partial charge on any atom is -0.396 e. The number of nitriles is 1. The molecule has 1 rings (SSSR count). The predicted molar refractivity (Wildman–Crippen MR) is 60.2 cm³/mol. The number of nitrogens with zero attached hydrogens (tertiary/aromatic N) is 1. The van der Waals surface area contributed by atoms with Gasteiger partial charge in [-0.05, 0) is 30.6 Å². The van der Waals surface area contributed by atoms with E-state index in [9.17, 15) is 0 Å². The minimum atomic E-state index is 0.237. The lowest BCUT2D eigenvalue weighted by Gasteiger charge is -2.24. The van der Waals surface area contributed by atoms with Crippen LogP contribution in [-0.2, 0) is 0 Å². The van der Waals surface area contributed by atoms with Gasteiger partial charge in [0.25, 0.3) is 0 Å². The largest absolute Gasteiger partial charge is 0.396 e. The van der Waals surface area contributed by atoms with Crippen LogP contribution in [0.2, 0.25) is 0 Å². The van der Waals surface area contributed by atoms with Crippen LogP contribution in [0.1, 0.15) is 39.5 Å². The Morgan fingerprint density at radius 1 is 1.47 bits per heavy atom. The normalized spacial score (nSPS) is 19.9. The molecule has 0 aromatic rings. The molecule has 0 aromatic carbocycles. The van der Waals surface area contributed by atoms with E-state index in [-0.39, 0.29) is 12.0 Å². The summed E-state index contributed by atoms with van der Waals surface area (Å²) < 4.78 is 0. The first kappa shape index (κ1) is 12.5. The first-order chi connectivity index (χ1) is 7.13. The van der Waals surface area contributed by atoms with Gasteiger partial charge in [0.1, 0.15) is 0 Å². The molecule has 86 valence electrons. The Morgan fingerprint density at radius 2 is 2.13 bits per heavy atom. The highest BCUT2D eigenvalue weighted by Crippen LogP contribution is 2.48. The van der Waals surface area contributed by atoms with Gasteiger partial charge < -0.3 is 10.4 Å². The number of aliphatic hydroxyl groups is 1. The van der Waals surface area contributed by atoms with E-state index in [2.05, 4.69) is 25.2 Å². The Hall–Kier alpha value is -0.590. The summed E-state index contributed by atoms with van der Waals surface area (Å²) in [4.78, 5) is 0. The van der Waals surface area contributed by atoms with Crippen molar-refractivity contribution in [3.05, 3.63) is 0 Å². The second kappa shape index (κ2) is 5.48. The molecular weight excluding hydrogens is 188 g/mol. The summed E-state index contributed by atoms with van der Waals surface area (Å²) in [6, 6.07) is 2.65. The highest BCUT2D eigenvalue weighted by atomic mass is 16.3. The number of hydrogen-bond donors (Lipinski definition) is 2. The van der Waals surface area contributed by atoms with Crippen molar-refractivity contribution in [3.8, 4) is 6.07 Å². The van der Waals surface area contributed by atoms with Crippen LogP contribution in [-0.4, -0.2) is 24.3 Å². The molecule has 0 heterocycles. The van der Waals surface area contributed by atoms with E-state index in [1.54, 1.807) is 0 Å². The lowest BCUT2D eigenvalue weighted by Crippen LogP contribution is -2.38. The zero-order valence-electron chi connectivity index (χ0n) is 9.79. The second-order valence-electron chi connectivity index (χ2n) is 5.08. The van der Waals surface area contributed by atoms with E-state index in [1.807, 2.05) is 0 Å². The molecule has 3 heteroatoms. The van der Waals surface area contributed by atoms with Crippen LogP contribution in [0.4, 0.5) is 0 Å². The summed E-state index contributed by atoms with van der Waals surface area (Å²) in [7, 11) is 0. The molecule has 0 saturated heterocycles. The Labute approximate surface area is 92.5 Å². The van der Waals surface area contributed by atoms with Gasteiger partial charge in [-0.15, -0.1) is 0 Å². The van der Waals surface area contributed by atoms with E-state index >= 15 is 0 Å². The lowest BCUT2D eigenvalue weighted by molar-refractivity contribution is 0.238. The molecule has 0 spiro atoms. The summed E-state index contributed by atoms with van der Waals surface area (Å²) >= 11 is 0. The van der Waals surface area contributed by atoms with Gasteiger partial charge in [0, 0.05) is 25.6 Å². The van der Waals surface area contributed by atoms with Crippen LogP contribution in [0.25, 0.3) is 0 Å². The van der Waals surface area contributed by atoms with E-state index < -0.39 is 0 Å². The van der Waals surface area contributed by atoms with Crippen molar-refractivity contribution in [2.45, 2.75) is 45.6 Å². The molecule has 2 N–H and O–H groups in total. The number of nitrogens with one attached hydrogen (secondary N) is 1. The maximum Gasteiger partial charge on any atom is 0.0628 e. The fourth-order valence-electron chi connectivity index (χ4n) is 1.92. The molecule has 15 heavy (non-hydrogen) atoms. The molecular formula is C12H22N2O. The first-order valence-electron chi connectivity index (χ1n) is 5.85. The molecule has 1 unspecified atom stereocenters. The molecule has 0 amide bonds. The standard InChI is InChI=1S/C12H22N2O/c1-10(2)11(3-8-15)14-9-12(4-5-12)6-7-13/h10-11,14-15H,3-6,8-9H2,1-2H3. The summed E-state index contributed by atoms with van der Waals surface area (Å²) in [5.74, 6) is 0.537. The van der Waals surface area contributed by atoms with Crippen molar-refractivity contribution in [1.29, 1.82) is 5.26 Å².